The smallest absolute Gasteiger partial charge is 0.239 e. The van der Waals surface area contributed by atoms with Crippen molar-refractivity contribution in [1.29, 1.82) is 0 Å². The van der Waals surface area contributed by atoms with E-state index in [9.17, 15) is 61.0 Å². The maximum absolute atomic E-state index is 13.5. The Morgan fingerprint density at radius 2 is 1.50 bits per heavy atom. The Morgan fingerprint density at radius 3 is 2.18 bits per heavy atom. The zero-order valence-corrected chi connectivity index (χ0v) is 22.4. The number of hydrogen-bond acceptors (Lipinski definition) is 17. The Labute approximate surface area is 246 Å². The van der Waals surface area contributed by atoms with Crippen LogP contribution < -0.4 is 10.2 Å². The van der Waals surface area contributed by atoms with Crippen molar-refractivity contribution in [2.75, 3.05) is 13.2 Å². The lowest BCUT2D eigenvalue weighted by Crippen LogP contribution is -2.59. The number of phenols is 4. The molecule has 2 fully saturated rings. The van der Waals surface area contributed by atoms with E-state index in [0.29, 0.717) is 0 Å². The highest BCUT2D eigenvalue weighted by atomic mass is 16.7. The lowest BCUT2D eigenvalue weighted by atomic mass is 9.99. The molecule has 3 aromatic rings. The van der Waals surface area contributed by atoms with Crippen molar-refractivity contribution >= 4 is 11.0 Å². The van der Waals surface area contributed by atoms with Crippen molar-refractivity contribution in [3.8, 4) is 40.1 Å². The van der Waals surface area contributed by atoms with Gasteiger partial charge in [-0.2, -0.15) is 0 Å². The van der Waals surface area contributed by atoms with Crippen molar-refractivity contribution in [2.24, 2.45) is 0 Å². The minimum atomic E-state index is -1.90. The molecule has 44 heavy (non-hydrogen) atoms. The zero-order valence-electron chi connectivity index (χ0n) is 22.4. The summed E-state index contributed by atoms with van der Waals surface area (Å²) in [5, 5.41) is 111. The van der Waals surface area contributed by atoms with Gasteiger partial charge in [0.15, 0.2) is 23.5 Å². The maximum Gasteiger partial charge on any atom is 0.239 e. The second-order valence-electron chi connectivity index (χ2n) is 10.3. The highest BCUT2D eigenvalue weighted by molar-refractivity contribution is 5.88. The number of aromatic hydroxyl groups is 4. The second-order valence-corrected chi connectivity index (χ2v) is 10.3. The monoisotopic (exact) mass is 626 g/mol. The summed E-state index contributed by atoms with van der Waals surface area (Å²) >= 11 is 0. The molecule has 11 N–H and O–H groups in total. The standard InChI is InChI=1S/C27H30O17/c28-6-15-17(34)19(36)21(38)26(42-15)40-7-13(33)24-20(37)22(39)27(43-24)44-25-18(35)16-12(32)4-9(29)5-14(16)41-23(25)8-1-2-10(30)11(31)3-8/h1-5,13,15,17,19-22,24,26-34,36-39H,6-7H2/t13-,15-,17+,19+,20-,21-,22-,24-,26-,27+/m1/s1. The van der Waals surface area contributed by atoms with E-state index in [-0.39, 0.29) is 11.1 Å². The molecule has 0 radical (unpaired) electrons. The molecule has 5 rings (SSSR count). The average molecular weight is 627 g/mol. The highest BCUT2D eigenvalue weighted by Crippen LogP contribution is 2.39. The molecule has 10 atom stereocenters. The van der Waals surface area contributed by atoms with Gasteiger partial charge in [-0.05, 0) is 18.2 Å². The molecule has 2 aromatic carbocycles. The number of aliphatic hydroxyl groups is 7. The predicted octanol–water partition coefficient (Wildman–Crippen LogP) is -2.71. The third-order valence-corrected chi connectivity index (χ3v) is 7.30. The van der Waals surface area contributed by atoms with Crippen molar-refractivity contribution in [1.82, 2.24) is 0 Å². The van der Waals surface area contributed by atoms with Crippen molar-refractivity contribution in [3.05, 3.63) is 40.6 Å². The first-order chi connectivity index (χ1) is 20.8. The lowest BCUT2D eigenvalue weighted by molar-refractivity contribution is -0.306. The molecule has 0 saturated carbocycles. The van der Waals surface area contributed by atoms with E-state index in [2.05, 4.69) is 0 Å². The fourth-order valence-corrected chi connectivity index (χ4v) is 4.93. The Kier molecular flexibility index (Phi) is 8.87. The normalized spacial score (nSPS) is 31.3. The van der Waals surface area contributed by atoms with Gasteiger partial charge >= 0.3 is 0 Å². The van der Waals surface area contributed by atoms with Crippen LogP contribution in [-0.2, 0) is 14.2 Å². The molecular formula is C27H30O17. The van der Waals surface area contributed by atoms with Crippen LogP contribution in [0.2, 0.25) is 0 Å². The molecule has 2 saturated heterocycles. The van der Waals surface area contributed by atoms with E-state index in [1.54, 1.807) is 0 Å². The molecular weight excluding hydrogens is 596 g/mol. The molecule has 2 aliphatic heterocycles. The predicted molar refractivity (Wildman–Crippen MR) is 142 cm³/mol. The van der Waals surface area contributed by atoms with E-state index < -0.39 is 120 Å². The number of fused-ring (bicyclic) bond motifs is 1. The largest absolute Gasteiger partial charge is 0.508 e. The summed E-state index contributed by atoms with van der Waals surface area (Å²) in [6.07, 6.45) is -17.0. The maximum atomic E-state index is 13.5. The van der Waals surface area contributed by atoms with Crippen molar-refractivity contribution < 1.29 is 79.5 Å². The quantitative estimate of drug-likeness (QED) is 0.113. The molecule has 3 heterocycles. The van der Waals surface area contributed by atoms with Gasteiger partial charge in [0.2, 0.25) is 17.5 Å². The Hall–Kier alpha value is -3.75. The van der Waals surface area contributed by atoms with Crippen LogP contribution in [0.1, 0.15) is 0 Å². The highest BCUT2D eigenvalue weighted by Gasteiger charge is 2.49. The molecule has 0 bridgehead atoms. The van der Waals surface area contributed by atoms with E-state index in [1.807, 2.05) is 0 Å². The second kappa shape index (κ2) is 12.3. The lowest BCUT2D eigenvalue weighted by Gasteiger charge is -2.40. The van der Waals surface area contributed by atoms with E-state index >= 15 is 0 Å². The third kappa shape index (κ3) is 5.73. The number of hydrogen-bond donors (Lipinski definition) is 11. The number of aliphatic hydroxyl groups excluding tert-OH is 7. The van der Waals surface area contributed by atoms with Crippen molar-refractivity contribution in [3.63, 3.8) is 0 Å². The van der Waals surface area contributed by atoms with Gasteiger partial charge < -0.3 is 79.5 Å². The topological polar surface area (TPSA) is 290 Å². The van der Waals surface area contributed by atoms with Crippen LogP contribution in [0.5, 0.6) is 28.7 Å². The summed E-state index contributed by atoms with van der Waals surface area (Å²) in [6.45, 7) is -1.45. The fraction of sp³-hybridized carbons (Fsp3) is 0.444. The molecule has 0 unspecified atom stereocenters. The van der Waals surface area contributed by atoms with Crippen LogP contribution in [0.4, 0.5) is 0 Å². The number of phenolic OH excluding ortho intramolecular Hbond substituents is 4. The summed E-state index contributed by atoms with van der Waals surface area (Å²) in [5.41, 5.74) is -1.35. The fourth-order valence-electron chi connectivity index (χ4n) is 4.93. The molecule has 1 aromatic heterocycles. The summed E-state index contributed by atoms with van der Waals surface area (Å²) in [6, 6.07) is 5.21. The van der Waals surface area contributed by atoms with Gasteiger partial charge in [-0.25, -0.2) is 0 Å². The van der Waals surface area contributed by atoms with Crippen LogP contribution in [-0.4, -0.2) is 131 Å². The molecule has 240 valence electrons. The van der Waals surface area contributed by atoms with E-state index in [4.69, 9.17) is 23.4 Å². The molecule has 2 aliphatic rings. The summed E-state index contributed by atoms with van der Waals surface area (Å²) in [5.74, 6) is -3.34. The van der Waals surface area contributed by atoms with E-state index in [0.717, 1.165) is 24.3 Å². The van der Waals surface area contributed by atoms with Gasteiger partial charge in [0, 0.05) is 17.7 Å². The molecule has 17 heteroatoms. The van der Waals surface area contributed by atoms with Gasteiger partial charge in [-0.1, -0.05) is 0 Å². The Morgan fingerprint density at radius 1 is 0.795 bits per heavy atom. The molecule has 0 amide bonds. The first-order valence-corrected chi connectivity index (χ1v) is 13.2. The summed E-state index contributed by atoms with van der Waals surface area (Å²) < 4.78 is 27.3. The number of benzene rings is 2. The van der Waals surface area contributed by atoms with Crippen LogP contribution in [0.3, 0.4) is 0 Å². The van der Waals surface area contributed by atoms with Gasteiger partial charge in [0.05, 0.1) is 13.2 Å². The number of ether oxygens (including phenoxy) is 4. The molecule has 17 nitrogen and oxygen atoms in total. The first kappa shape index (κ1) is 31.7. The minimum Gasteiger partial charge on any atom is -0.508 e. The van der Waals surface area contributed by atoms with Crippen LogP contribution in [0.25, 0.3) is 22.3 Å². The Bertz CT molecular complexity index is 1560. The van der Waals surface area contributed by atoms with Crippen LogP contribution >= 0.6 is 0 Å². The first-order valence-electron chi connectivity index (χ1n) is 13.2. The van der Waals surface area contributed by atoms with E-state index in [1.165, 1.54) is 6.07 Å². The third-order valence-electron chi connectivity index (χ3n) is 7.30. The number of rotatable bonds is 8. The Balaban J connectivity index is 1.40. The van der Waals surface area contributed by atoms with Crippen LogP contribution in [0.15, 0.2) is 39.5 Å². The summed E-state index contributed by atoms with van der Waals surface area (Å²) in [7, 11) is 0. The van der Waals surface area contributed by atoms with Gasteiger partial charge in [-0.3, -0.25) is 4.79 Å². The average Bonchev–Trinajstić information content (AvgIpc) is 3.26. The molecule has 0 spiro atoms. The SMILES string of the molecule is O=c1c(O[C@@H]2O[C@H]([C@H](O)CO[C@@H]3O[C@H](CO)[C@H](O)[C@H](O)[C@H]3O)[C@H](O)[C@H]2O)c(-c2ccc(O)c(O)c2)oc2cc(O)cc(O)c12. The molecule has 0 aliphatic carbocycles. The minimum absolute atomic E-state index is 0.0327. The van der Waals surface area contributed by atoms with Gasteiger partial charge in [-0.15, -0.1) is 0 Å². The summed E-state index contributed by atoms with van der Waals surface area (Å²) in [4.78, 5) is 13.5. The zero-order chi connectivity index (χ0) is 32.0. The van der Waals surface area contributed by atoms with Gasteiger partial charge in [0.25, 0.3) is 0 Å². The van der Waals surface area contributed by atoms with Crippen LogP contribution in [0, 0.1) is 0 Å². The van der Waals surface area contributed by atoms with Crippen molar-refractivity contribution in [2.45, 2.75) is 61.4 Å². The van der Waals surface area contributed by atoms with Gasteiger partial charge in [0.1, 0.15) is 71.3 Å².